The van der Waals surface area contributed by atoms with Crippen molar-refractivity contribution in [1.82, 2.24) is 14.9 Å². The smallest absolute Gasteiger partial charge is 0.388 e. The summed E-state index contributed by atoms with van der Waals surface area (Å²) in [5.74, 6) is -3.89. The highest BCUT2D eigenvalue weighted by molar-refractivity contribution is 6.32. The van der Waals surface area contributed by atoms with Gasteiger partial charge in [-0.2, -0.15) is 13.2 Å². The van der Waals surface area contributed by atoms with E-state index < -0.39 is 63.0 Å². The molecule has 0 radical (unpaired) electrons. The highest BCUT2D eigenvalue weighted by Gasteiger charge is 2.50. The maximum absolute atomic E-state index is 15.0. The number of aliphatic hydroxyl groups is 1. The van der Waals surface area contributed by atoms with Crippen molar-refractivity contribution < 1.29 is 31.9 Å². The molecule has 1 saturated heterocycles. The Labute approximate surface area is 217 Å². The molecule has 3 heterocycles. The number of halogens is 6. The van der Waals surface area contributed by atoms with Gasteiger partial charge in [0.05, 0.1) is 16.0 Å². The maximum atomic E-state index is 15.0. The Morgan fingerprint density at radius 2 is 1.97 bits per heavy atom. The molecule has 0 spiro atoms. The van der Waals surface area contributed by atoms with Gasteiger partial charge in [0.25, 0.3) is 5.91 Å². The number of anilines is 1. The number of alkyl halides is 3. The van der Waals surface area contributed by atoms with E-state index in [9.17, 15) is 36.6 Å². The Morgan fingerprint density at radius 3 is 2.55 bits per heavy atom. The lowest BCUT2D eigenvalue weighted by atomic mass is 10.1. The lowest BCUT2D eigenvalue weighted by molar-refractivity contribution is -0.158. The van der Waals surface area contributed by atoms with Gasteiger partial charge in [-0.15, -0.1) is 0 Å². The number of nitrogens with zero attached hydrogens (tertiary/aromatic N) is 3. The Kier molecular flexibility index (Phi) is 6.38. The Hall–Kier alpha value is -3.25. The topological polar surface area (TPSA) is 87.5 Å². The van der Waals surface area contributed by atoms with Gasteiger partial charge in [0.1, 0.15) is 28.9 Å². The molecule has 5 rings (SSSR count). The summed E-state index contributed by atoms with van der Waals surface area (Å²) in [4.78, 5) is 32.5. The van der Waals surface area contributed by atoms with Crippen LogP contribution in [0.3, 0.4) is 0 Å². The average Bonchev–Trinajstić information content (AvgIpc) is 3.58. The second-order valence-electron chi connectivity index (χ2n) is 10.00. The van der Waals surface area contributed by atoms with Crippen molar-refractivity contribution in [2.45, 2.75) is 44.0 Å². The van der Waals surface area contributed by atoms with Crippen LogP contribution in [0.4, 0.5) is 27.8 Å². The van der Waals surface area contributed by atoms with Crippen LogP contribution in [0.2, 0.25) is 5.02 Å². The summed E-state index contributed by atoms with van der Waals surface area (Å²) >= 11 is 6.14. The molecule has 2 unspecified atom stereocenters. The predicted octanol–water partition coefficient (Wildman–Crippen LogP) is 4.35. The number of pyridine rings is 2. The van der Waals surface area contributed by atoms with Crippen molar-refractivity contribution in [2.75, 3.05) is 18.0 Å². The van der Waals surface area contributed by atoms with E-state index in [1.54, 1.807) is 11.8 Å². The number of amides is 1. The normalized spacial score (nSPS) is 20.7. The monoisotopic (exact) mass is 556 g/mol. The van der Waals surface area contributed by atoms with Crippen LogP contribution in [0.5, 0.6) is 0 Å². The van der Waals surface area contributed by atoms with Gasteiger partial charge in [-0.25, -0.2) is 13.8 Å². The van der Waals surface area contributed by atoms with Crippen LogP contribution >= 0.6 is 11.6 Å². The van der Waals surface area contributed by atoms with E-state index in [1.165, 1.54) is 12.1 Å². The van der Waals surface area contributed by atoms with Crippen molar-refractivity contribution in [3.05, 3.63) is 62.9 Å². The Morgan fingerprint density at radius 1 is 1.26 bits per heavy atom. The molecule has 1 aromatic carbocycles. The number of benzene rings is 1. The zero-order valence-electron chi connectivity index (χ0n) is 20.0. The minimum atomic E-state index is -4.73. The zero-order chi connectivity index (χ0) is 27.6. The number of carbonyl (C=O) groups is 1. The number of carbonyl (C=O) groups excluding carboxylic acids is 1. The molecule has 2 aliphatic rings. The largest absolute Gasteiger partial charge is 0.408 e. The minimum Gasteiger partial charge on any atom is -0.388 e. The van der Waals surface area contributed by atoms with Gasteiger partial charge in [0.15, 0.2) is 11.5 Å². The van der Waals surface area contributed by atoms with Gasteiger partial charge in [-0.3, -0.25) is 14.2 Å². The predicted molar refractivity (Wildman–Crippen MR) is 130 cm³/mol. The highest BCUT2D eigenvalue weighted by atomic mass is 35.5. The van der Waals surface area contributed by atoms with E-state index in [4.69, 9.17) is 11.6 Å². The van der Waals surface area contributed by atoms with Gasteiger partial charge >= 0.3 is 6.18 Å². The van der Waals surface area contributed by atoms with Crippen molar-refractivity contribution in [3.63, 3.8) is 0 Å². The lowest BCUT2D eigenvalue weighted by Gasteiger charge is -2.22. The average molecular weight is 557 g/mol. The van der Waals surface area contributed by atoms with Crippen molar-refractivity contribution in [2.24, 2.45) is 5.92 Å². The molecule has 0 bridgehead atoms. The number of aromatic nitrogens is 2. The van der Waals surface area contributed by atoms with E-state index in [2.05, 4.69) is 4.98 Å². The molecule has 1 amide bonds. The summed E-state index contributed by atoms with van der Waals surface area (Å²) in [5, 5.41) is 11.6. The van der Waals surface area contributed by atoms with Crippen LogP contribution in [0.15, 0.2) is 35.3 Å². The van der Waals surface area contributed by atoms with E-state index in [0.29, 0.717) is 24.8 Å². The summed E-state index contributed by atoms with van der Waals surface area (Å²) in [6.07, 6.45) is -2.87. The number of fused-ring (bicyclic) bond motifs is 1. The fourth-order valence-electron chi connectivity index (χ4n) is 4.72. The van der Waals surface area contributed by atoms with Gasteiger partial charge in [-0.1, -0.05) is 11.6 Å². The molecule has 1 saturated carbocycles. The molecular weight excluding hydrogens is 535 g/mol. The van der Waals surface area contributed by atoms with E-state index in [1.807, 2.05) is 5.32 Å². The van der Waals surface area contributed by atoms with Crippen LogP contribution < -0.4 is 15.6 Å². The van der Waals surface area contributed by atoms with E-state index >= 15 is 0 Å². The number of nitrogens with one attached hydrogen (secondary N) is 1. The molecule has 202 valence electrons. The molecule has 2 N–H and O–H groups in total. The summed E-state index contributed by atoms with van der Waals surface area (Å²) in [6.45, 7) is 2.31. The first-order valence-corrected chi connectivity index (χ1v) is 12.2. The number of β-amino-alcohol motifs (C(OH)–C–C–N with tert-alkyl or cyclic N) is 1. The zero-order valence-corrected chi connectivity index (χ0v) is 20.7. The molecule has 38 heavy (non-hydrogen) atoms. The molecule has 13 heteroatoms. The van der Waals surface area contributed by atoms with Gasteiger partial charge in [0.2, 0.25) is 5.43 Å². The summed E-state index contributed by atoms with van der Waals surface area (Å²) in [6, 6.07) is 1.99. The lowest BCUT2D eigenvalue weighted by Crippen LogP contribution is -2.48. The third kappa shape index (κ3) is 4.94. The first kappa shape index (κ1) is 26.4. The third-order valence-electron chi connectivity index (χ3n) is 6.81. The molecule has 2 aromatic heterocycles. The molecule has 2 atom stereocenters. The Bertz CT molecular complexity index is 1480. The first-order chi connectivity index (χ1) is 17.7. The number of rotatable bonds is 5. The maximum Gasteiger partial charge on any atom is 0.408 e. The number of hydrogen-bond donors (Lipinski definition) is 2. The molecular formula is C25H22ClF5N4O3. The quantitative estimate of drug-likeness (QED) is 0.456. The van der Waals surface area contributed by atoms with Crippen molar-refractivity contribution in [3.8, 4) is 5.69 Å². The second kappa shape index (κ2) is 9.19. The molecule has 1 aliphatic carbocycles. The fraction of sp³-hybridized carbons (Fsp3) is 0.400. The van der Waals surface area contributed by atoms with Crippen LogP contribution in [0.1, 0.15) is 36.5 Å². The SMILES string of the molecule is CC1(O)CCN(c2ccc3c(=O)c(C(=O)NC(C4CC4)C(F)(F)F)cn(-c4c(F)cc(F)cc4Cl)c3n2)C1. The van der Waals surface area contributed by atoms with Crippen molar-refractivity contribution in [1.29, 1.82) is 0 Å². The second-order valence-corrected chi connectivity index (χ2v) is 10.4. The van der Waals surface area contributed by atoms with Gasteiger partial charge in [-0.05, 0) is 50.3 Å². The molecule has 7 nitrogen and oxygen atoms in total. The third-order valence-corrected chi connectivity index (χ3v) is 7.10. The van der Waals surface area contributed by atoms with Crippen LogP contribution in [0.25, 0.3) is 16.7 Å². The fourth-order valence-corrected chi connectivity index (χ4v) is 5.01. The molecule has 1 aliphatic heterocycles. The van der Waals surface area contributed by atoms with Gasteiger partial charge in [0, 0.05) is 25.4 Å². The standard InChI is InChI=1S/C25H22ClF5N4O3/c1-24(38)6-7-34(11-24)18-5-4-14-20(36)15(23(37)33-21(12-2-3-12)25(29,30)31)10-35(22(14)32-18)19-16(26)8-13(27)9-17(19)28/h4-5,8-10,12,21,38H,2-3,6-7,11H2,1H3,(H,33,37). The van der Waals surface area contributed by atoms with E-state index in [0.717, 1.165) is 16.8 Å². The van der Waals surface area contributed by atoms with Gasteiger partial charge < -0.3 is 15.3 Å². The van der Waals surface area contributed by atoms with Crippen molar-refractivity contribution >= 4 is 34.4 Å². The summed E-state index contributed by atoms with van der Waals surface area (Å²) in [5.41, 5.74) is -3.19. The summed E-state index contributed by atoms with van der Waals surface area (Å²) in [7, 11) is 0. The van der Waals surface area contributed by atoms with Crippen LogP contribution in [-0.2, 0) is 0 Å². The summed E-state index contributed by atoms with van der Waals surface area (Å²) < 4.78 is 70.4. The molecule has 3 aromatic rings. The Balaban J connectivity index is 1.68. The number of hydrogen-bond acceptors (Lipinski definition) is 5. The van der Waals surface area contributed by atoms with E-state index in [-0.39, 0.29) is 30.4 Å². The highest BCUT2D eigenvalue weighted by Crippen LogP contribution is 2.40. The first-order valence-electron chi connectivity index (χ1n) is 11.8. The van der Waals surface area contributed by atoms with Crippen LogP contribution in [-0.4, -0.2) is 51.5 Å². The minimum absolute atomic E-state index is 0.155. The van der Waals surface area contributed by atoms with Crippen LogP contribution in [0, 0.1) is 17.6 Å². The molecule has 2 fully saturated rings.